The van der Waals surface area contributed by atoms with Crippen LogP contribution >= 0.6 is 27.3 Å². The standard InChI is InChI=1S/C15H18BrNOS/c1-11-9-13(16)10-12(4-6-17)15(11)18-7-5-14-3-2-8-19-14/h2-3,8-10H,4-7,17H2,1H3. The summed E-state index contributed by atoms with van der Waals surface area (Å²) in [7, 11) is 0. The van der Waals surface area contributed by atoms with Crippen LogP contribution in [-0.4, -0.2) is 13.2 Å². The van der Waals surface area contributed by atoms with Crippen LogP contribution in [-0.2, 0) is 12.8 Å². The normalized spacial score (nSPS) is 10.7. The molecule has 0 saturated carbocycles. The van der Waals surface area contributed by atoms with E-state index in [1.807, 2.05) is 0 Å². The van der Waals surface area contributed by atoms with Crippen LogP contribution in [0, 0.1) is 6.92 Å². The molecule has 2 aromatic rings. The molecular formula is C15H18BrNOS. The van der Waals surface area contributed by atoms with Crippen molar-refractivity contribution in [3.63, 3.8) is 0 Å². The molecule has 0 radical (unpaired) electrons. The van der Waals surface area contributed by atoms with Gasteiger partial charge in [0.05, 0.1) is 6.61 Å². The Morgan fingerprint density at radius 1 is 1.32 bits per heavy atom. The smallest absolute Gasteiger partial charge is 0.125 e. The van der Waals surface area contributed by atoms with Crippen molar-refractivity contribution in [3.05, 3.63) is 50.1 Å². The molecular weight excluding hydrogens is 322 g/mol. The van der Waals surface area contributed by atoms with E-state index < -0.39 is 0 Å². The predicted molar refractivity (Wildman–Crippen MR) is 85.2 cm³/mol. The van der Waals surface area contributed by atoms with E-state index in [9.17, 15) is 0 Å². The number of rotatable bonds is 6. The Balaban J connectivity index is 2.05. The molecule has 0 saturated heterocycles. The van der Waals surface area contributed by atoms with Gasteiger partial charge in [0, 0.05) is 15.8 Å². The van der Waals surface area contributed by atoms with Crippen molar-refractivity contribution in [2.75, 3.05) is 13.2 Å². The first-order valence-electron chi connectivity index (χ1n) is 6.35. The number of thiophene rings is 1. The van der Waals surface area contributed by atoms with Crippen molar-refractivity contribution < 1.29 is 4.74 Å². The van der Waals surface area contributed by atoms with Crippen LogP contribution in [0.4, 0.5) is 0 Å². The minimum Gasteiger partial charge on any atom is -0.493 e. The van der Waals surface area contributed by atoms with E-state index >= 15 is 0 Å². The van der Waals surface area contributed by atoms with Crippen molar-refractivity contribution in [2.24, 2.45) is 5.73 Å². The first kappa shape index (κ1) is 14.6. The van der Waals surface area contributed by atoms with Crippen molar-refractivity contribution >= 4 is 27.3 Å². The molecule has 1 aromatic heterocycles. The molecule has 2 rings (SSSR count). The monoisotopic (exact) mass is 339 g/mol. The van der Waals surface area contributed by atoms with E-state index in [1.54, 1.807) is 11.3 Å². The summed E-state index contributed by atoms with van der Waals surface area (Å²) in [5.41, 5.74) is 8.00. The number of ether oxygens (including phenoxy) is 1. The minimum absolute atomic E-state index is 0.636. The lowest BCUT2D eigenvalue weighted by Gasteiger charge is -2.14. The van der Waals surface area contributed by atoms with Crippen molar-refractivity contribution in [3.8, 4) is 5.75 Å². The van der Waals surface area contributed by atoms with Gasteiger partial charge in [-0.25, -0.2) is 0 Å². The van der Waals surface area contributed by atoms with Crippen LogP contribution in [0.2, 0.25) is 0 Å². The molecule has 0 fully saturated rings. The lowest BCUT2D eigenvalue weighted by Crippen LogP contribution is -2.08. The Labute approximate surface area is 126 Å². The van der Waals surface area contributed by atoms with E-state index in [0.717, 1.165) is 28.6 Å². The Bertz CT molecular complexity index is 525. The highest BCUT2D eigenvalue weighted by molar-refractivity contribution is 9.10. The molecule has 1 heterocycles. The number of benzene rings is 1. The average molecular weight is 340 g/mol. The molecule has 0 aliphatic carbocycles. The van der Waals surface area contributed by atoms with Gasteiger partial charge >= 0.3 is 0 Å². The van der Waals surface area contributed by atoms with Crippen LogP contribution in [0.25, 0.3) is 0 Å². The van der Waals surface area contributed by atoms with E-state index in [1.165, 1.54) is 10.4 Å². The minimum atomic E-state index is 0.636. The summed E-state index contributed by atoms with van der Waals surface area (Å²) in [6.45, 7) is 3.42. The highest BCUT2D eigenvalue weighted by Gasteiger charge is 2.08. The van der Waals surface area contributed by atoms with Crippen molar-refractivity contribution in [1.82, 2.24) is 0 Å². The first-order chi connectivity index (χ1) is 9.20. The lowest BCUT2D eigenvalue weighted by molar-refractivity contribution is 0.317. The summed E-state index contributed by atoms with van der Waals surface area (Å²) in [4.78, 5) is 1.36. The van der Waals surface area contributed by atoms with Gasteiger partial charge in [0.2, 0.25) is 0 Å². The summed E-state index contributed by atoms with van der Waals surface area (Å²) >= 11 is 5.29. The van der Waals surface area contributed by atoms with Gasteiger partial charge in [-0.2, -0.15) is 0 Å². The average Bonchev–Trinajstić information content (AvgIpc) is 2.86. The van der Waals surface area contributed by atoms with Crippen molar-refractivity contribution in [2.45, 2.75) is 19.8 Å². The van der Waals surface area contributed by atoms with Gasteiger partial charge in [-0.05, 0) is 54.6 Å². The Kier molecular flexibility index (Phi) is 5.43. The molecule has 0 spiro atoms. The molecule has 102 valence electrons. The fourth-order valence-corrected chi connectivity index (χ4v) is 3.37. The zero-order chi connectivity index (χ0) is 13.7. The zero-order valence-electron chi connectivity index (χ0n) is 11.0. The Morgan fingerprint density at radius 3 is 2.84 bits per heavy atom. The second-order valence-electron chi connectivity index (χ2n) is 4.43. The molecule has 0 aliphatic heterocycles. The molecule has 0 aliphatic rings. The maximum Gasteiger partial charge on any atom is 0.125 e. The molecule has 4 heteroatoms. The van der Waals surface area contributed by atoms with Gasteiger partial charge in [0.25, 0.3) is 0 Å². The van der Waals surface area contributed by atoms with Crippen LogP contribution in [0.15, 0.2) is 34.1 Å². The maximum absolute atomic E-state index is 5.98. The largest absolute Gasteiger partial charge is 0.493 e. The summed E-state index contributed by atoms with van der Waals surface area (Å²) in [6.07, 6.45) is 1.80. The van der Waals surface area contributed by atoms with Crippen LogP contribution < -0.4 is 10.5 Å². The topological polar surface area (TPSA) is 35.2 Å². The summed E-state index contributed by atoms with van der Waals surface area (Å²) in [6, 6.07) is 8.40. The Hall–Kier alpha value is -0.840. The summed E-state index contributed by atoms with van der Waals surface area (Å²) in [5.74, 6) is 0.991. The molecule has 2 N–H and O–H groups in total. The zero-order valence-corrected chi connectivity index (χ0v) is 13.4. The van der Waals surface area contributed by atoms with Crippen LogP contribution in [0.3, 0.4) is 0 Å². The number of halogens is 1. The van der Waals surface area contributed by atoms with Crippen LogP contribution in [0.1, 0.15) is 16.0 Å². The Morgan fingerprint density at radius 2 is 2.16 bits per heavy atom. The summed E-state index contributed by atoms with van der Waals surface area (Å²) in [5, 5.41) is 2.10. The third-order valence-corrected chi connectivity index (χ3v) is 4.30. The van der Waals surface area contributed by atoms with Crippen molar-refractivity contribution in [1.29, 1.82) is 0 Å². The predicted octanol–water partition coefficient (Wildman–Crippen LogP) is 3.94. The molecule has 1 aromatic carbocycles. The summed E-state index contributed by atoms with van der Waals surface area (Å²) < 4.78 is 7.06. The van der Waals surface area contributed by atoms with E-state index in [-0.39, 0.29) is 0 Å². The van der Waals surface area contributed by atoms with Gasteiger partial charge in [-0.3, -0.25) is 0 Å². The molecule has 19 heavy (non-hydrogen) atoms. The first-order valence-corrected chi connectivity index (χ1v) is 8.02. The van der Waals surface area contributed by atoms with Gasteiger partial charge in [0.1, 0.15) is 5.75 Å². The fraction of sp³-hybridized carbons (Fsp3) is 0.333. The second-order valence-corrected chi connectivity index (χ2v) is 6.38. The van der Waals surface area contributed by atoms with Gasteiger partial charge in [0.15, 0.2) is 0 Å². The third kappa shape index (κ3) is 4.06. The van der Waals surface area contributed by atoms with Gasteiger partial charge in [-0.1, -0.05) is 22.0 Å². The van der Waals surface area contributed by atoms with E-state index in [4.69, 9.17) is 10.5 Å². The molecule has 0 atom stereocenters. The fourth-order valence-electron chi connectivity index (χ4n) is 2.06. The SMILES string of the molecule is Cc1cc(Br)cc(CCN)c1OCCc1cccs1. The molecule has 0 unspecified atom stereocenters. The molecule has 0 bridgehead atoms. The number of hydrogen-bond acceptors (Lipinski definition) is 3. The van der Waals surface area contributed by atoms with E-state index in [2.05, 4.69) is 52.5 Å². The number of nitrogens with two attached hydrogens (primary N) is 1. The number of aryl methyl sites for hydroxylation is 1. The third-order valence-electron chi connectivity index (χ3n) is 2.90. The molecule has 2 nitrogen and oxygen atoms in total. The molecule has 0 amide bonds. The van der Waals surface area contributed by atoms with Crippen LogP contribution in [0.5, 0.6) is 5.75 Å². The van der Waals surface area contributed by atoms with E-state index in [0.29, 0.717) is 13.2 Å². The van der Waals surface area contributed by atoms with Gasteiger partial charge < -0.3 is 10.5 Å². The van der Waals surface area contributed by atoms with Gasteiger partial charge in [-0.15, -0.1) is 11.3 Å². The highest BCUT2D eigenvalue weighted by atomic mass is 79.9. The highest BCUT2D eigenvalue weighted by Crippen LogP contribution is 2.28. The number of hydrogen-bond donors (Lipinski definition) is 1. The lowest BCUT2D eigenvalue weighted by atomic mass is 10.1. The quantitative estimate of drug-likeness (QED) is 0.864. The maximum atomic E-state index is 5.98. The second kappa shape index (κ2) is 7.08.